The number of rotatable bonds is 4. The van der Waals surface area contributed by atoms with E-state index in [2.05, 4.69) is 10.8 Å². The molecule has 0 aromatic carbocycles. The first-order valence-electron chi connectivity index (χ1n) is 7.03. The Morgan fingerprint density at radius 1 is 1.05 bits per heavy atom. The van der Waals surface area contributed by atoms with Gasteiger partial charge in [-0.25, -0.2) is 9.69 Å². The number of piperazine rings is 1. The molecule has 2 saturated heterocycles. The Morgan fingerprint density at radius 2 is 1.62 bits per heavy atom. The summed E-state index contributed by atoms with van der Waals surface area (Å²) >= 11 is 0. The third-order valence-electron chi connectivity index (χ3n) is 3.72. The summed E-state index contributed by atoms with van der Waals surface area (Å²) in [4.78, 5) is 42.0. The Kier molecular flexibility index (Phi) is 4.60. The lowest BCUT2D eigenvalue weighted by Gasteiger charge is -2.35. The lowest BCUT2D eigenvalue weighted by molar-refractivity contribution is -0.144. The molecule has 7 nitrogen and oxygen atoms in total. The zero-order valence-electron chi connectivity index (χ0n) is 12.4. The zero-order valence-corrected chi connectivity index (χ0v) is 12.4. The summed E-state index contributed by atoms with van der Waals surface area (Å²) in [5.74, 6) is 1.13. The minimum atomic E-state index is -0.736. The van der Waals surface area contributed by atoms with E-state index in [4.69, 9.17) is 6.42 Å². The second-order valence-electron chi connectivity index (χ2n) is 5.52. The molecule has 2 rings (SSSR count). The highest BCUT2D eigenvalue weighted by molar-refractivity contribution is 6.44. The van der Waals surface area contributed by atoms with E-state index in [1.165, 1.54) is 0 Å². The molecule has 0 atom stereocenters. The van der Waals surface area contributed by atoms with Gasteiger partial charge in [0.05, 0.1) is 13.2 Å². The number of hydrogen-bond donors (Lipinski definition) is 0. The van der Waals surface area contributed by atoms with Crippen LogP contribution in [0.3, 0.4) is 0 Å². The highest BCUT2D eigenvalue weighted by Gasteiger charge is 2.46. The first kappa shape index (κ1) is 15.5. The van der Waals surface area contributed by atoms with Gasteiger partial charge >= 0.3 is 17.8 Å². The van der Waals surface area contributed by atoms with Crippen molar-refractivity contribution >= 4 is 17.8 Å². The summed E-state index contributed by atoms with van der Waals surface area (Å²) in [5.41, 5.74) is 0. The maximum Gasteiger partial charge on any atom is 0.335 e. The van der Waals surface area contributed by atoms with Gasteiger partial charge in [-0.1, -0.05) is 5.92 Å². The van der Waals surface area contributed by atoms with Gasteiger partial charge in [-0.15, -0.1) is 6.42 Å². The summed E-state index contributed by atoms with van der Waals surface area (Å²) in [5, 5.41) is 0. The molecule has 0 aromatic rings. The van der Waals surface area contributed by atoms with Crippen LogP contribution in [-0.2, 0) is 9.59 Å². The van der Waals surface area contributed by atoms with Crippen molar-refractivity contribution in [2.45, 2.75) is 19.9 Å². The summed E-state index contributed by atoms with van der Waals surface area (Å²) in [6, 6.07) is -0.836. The minimum absolute atomic E-state index is 0.163. The third-order valence-corrected chi connectivity index (χ3v) is 3.72. The quantitative estimate of drug-likeness (QED) is 0.393. The second kappa shape index (κ2) is 6.24. The number of nitrogens with zero attached hydrogens (tertiary/aromatic N) is 4. The lowest BCUT2D eigenvalue weighted by Crippen LogP contribution is -2.51. The van der Waals surface area contributed by atoms with Crippen molar-refractivity contribution < 1.29 is 14.4 Å². The molecular weight excluding hydrogens is 272 g/mol. The van der Waals surface area contributed by atoms with Crippen molar-refractivity contribution in [1.82, 2.24) is 19.6 Å². The summed E-state index contributed by atoms with van der Waals surface area (Å²) in [7, 11) is 0. The zero-order chi connectivity index (χ0) is 15.6. The molecule has 2 aliphatic heterocycles. The standard InChI is InChI=1S/C14H20N4O3/c1-4-5-15-6-8-16(9-7-15)10-17-12(19)13(20)18(11(2)3)14(17)21/h1,11H,5-10H2,2-3H3. The van der Waals surface area contributed by atoms with Gasteiger partial charge in [0.15, 0.2) is 0 Å². The lowest BCUT2D eigenvalue weighted by atomic mass is 10.3. The van der Waals surface area contributed by atoms with E-state index in [0.29, 0.717) is 19.6 Å². The molecular formula is C14H20N4O3. The van der Waals surface area contributed by atoms with Gasteiger partial charge in [-0.05, 0) is 13.8 Å². The summed E-state index contributed by atoms with van der Waals surface area (Å²) in [6.07, 6.45) is 5.28. The molecule has 2 aliphatic rings. The highest BCUT2D eigenvalue weighted by atomic mass is 16.2. The molecule has 2 fully saturated rings. The maximum atomic E-state index is 12.2. The predicted octanol–water partition coefficient (Wildman–Crippen LogP) is -0.606. The van der Waals surface area contributed by atoms with Gasteiger partial charge in [-0.2, -0.15) is 0 Å². The average molecular weight is 292 g/mol. The Labute approximate surface area is 124 Å². The van der Waals surface area contributed by atoms with E-state index in [-0.39, 0.29) is 12.7 Å². The molecule has 21 heavy (non-hydrogen) atoms. The fourth-order valence-corrected chi connectivity index (χ4v) is 2.52. The number of urea groups is 1. The second-order valence-corrected chi connectivity index (χ2v) is 5.52. The molecule has 0 radical (unpaired) electrons. The fraction of sp³-hybridized carbons (Fsp3) is 0.643. The van der Waals surface area contributed by atoms with Crippen LogP contribution in [0.25, 0.3) is 0 Å². The molecule has 0 N–H and O–H groups in total. The molecule has 114 valence electrons. The van der Waals surface area contributed by atoms with Gasteiger partial charge in [0, 0.05) is 32.2 Å². The topological polar surface area (TPSA) is 64.2 Å². The number of hydrogen-bond acceptors (Lipinski definition) is 5. The van der Waals surface area contributed by atoms with E-state index >= 15 is 0 Å². The smallest absolute Gasteiger partial charge is 0.290 e. The number of terminal acetylenes is 1. The SMILES string of the molecule is C#CCN1CCN(CN2C(=O)C(=O)N(C(C)C)C2=O)CC1. The van der Waals surface area contributed by atoms with Crippen molar-refractivity contribution in [3.8, 4) is 12.3 Å². The number of carbonyl (C=O) groups is 3. The summed E-state index contributed by atoms with van der Waals surface area (Å²) < 4.78 is 0. The van der Waals surface area contributed by atoms with Gasteiger partial charge < -0.3 is 0 Å². The molecule has 0 bridgehead atoms. The van der Waals surface area contributed by atoms with Crippen LogP contribution in [0.4, 0.5) is 4.79 Å². The molecule has 0 spiro atoms. The van der Waals surface area contributed by atoms with E-state index in [0.717, 1.165) is 22.9 Å². The monoisotopic (exact) mass is 292 g/mol. The first-order valence-corrected chi connectivity index (χ1v) is 7.03. The Hall–Kier alpha value is -1.91. The van der Waals surface area contributed by atoms with Crippen LogP contribution >= 0.6 is 0 Å². The van der Waals surface area contributed by atoms with Crippen LogP contribution < -0.4 is 0 Å². The first-order chi connectivity index (χ1) is 9.95. The fourth-order valence-electron chi connectivity index (χ4n) is 2.52. The van der Waals surface area contributed by atoms with E-state index in [9.17, 15) is 14.4 Å². The van der Waals surface area contributed by atoms with Crippen molar-refractivity contribution in [3.05, 3.63) is 0 Å². The molecule has 2 heterocycles. The van der Waals surface area contributed by atoms with E-state index in [1.54, 1.807) is 13.8 Å². The number of carbonyl (C=O) groups excluding carboxylic acids is 3. The Balaban J connectivity index is 1.95. The molecule has 7 heteroatoms. The van der Waals surface area contributed by atoms with E-state index < -0.39 is 17.8 Å². The van der Waals surface area contributed by atoms with Crippen LogP contribution in [0, 0.1) is 12.3 Å². The summed E-state index contributed by atoms with van der Waals surface area (Å²) in [6.45, 7) is 7.22. The predicted molar refractivity (Wildman–Crippen MR) is 75.9 cm³/mol. The van der Waals surface area contributed by atoms with Gasteiger partial charge in [0.1, 0.15) is 0 Å². The van der Waals surface area contributed by atoms with Crippen LogP contribution in [0.2, 0.25) is 0 Å². The van der Waals surface area contributed by atoms with Crippen molar-refractivity contribution in [1.29, 1.82) is 0 Å². The van der Waals surface area contributed by atoms with E-state index in [1.807, 2.05) is 4.90 Å². The molecule has 0 unspecified atom stereocenters. The maximum absolute atomic E-state index is 12.2. The van der Waals surface area contributed by atoms with Crippen LogP contribution in [0.5, 0.6) is 0 Å². The van der Waals surface area contributed by atoms with Crippen molar-refractivity contribution in [2.24, 2.45) is 0 Å². The van der Waals surface area contributed by atoms with Crippen molar-refractivity contribution in [3.63, 3.8) is 0 Å². The van der Waals surface area contributed by atoms with Crippen LogP contribution in [0.1, 0.15) is 13.8 Å². The normalized spacial score (nSPS) is 21.5. The largest absolute Gasteiger partial charge is 0.335 e. The number of amides is 4. The molecule has 0 saturated carbocycles. The minimum Gasteiger partial charge on any atom is -0.290 e. The van der Waals surface area contributed by atoms with Crippen LogP contribution in [0.15, 0.2) is 0 Å². The van der Waals surface area contributed by atoms with Gasteiger partial charge in [0.2, 0.25) is 0 Å². The molecule has 0 aliphatic carbocycles. The highest BCUT2D eigenvalue weighted by Crippen LogP contribution is 2.16. The molecule has 4 amide bonds. The Bertz CT molecular complexity index is 489. The third kappa shape index (κ3) is 3.06. The van der Waals surface area contributed by atoms with Crippen LogP contribution in [-0.4, -0.2) is 82.9 Å². The van der Waals surface area contributed by atoms with Gasteiger partial charge in [-0.3, -0.25) is 24.3 Å². The molecule has 0 aromatic heterocycles. The Morgan fingerprint density at radius 3 is 2.10 bits per heavy atom. The van der Waals surface area contributed by atoms with Gasteiger partial charge in [0.25, 0.3) is 0 Å². The number of imide groups is 2. The average Bonchev–Trinajstić information content (AvgIpc) is 2.65. The van der Waals surface area contributed by atoms with Crippen molar-refractivity contribution in [2.75, 3.05) is 39.4 Å².